The molecule has 1 amide bonds. The third-order valence-corrected chi connectivity index (χ3v) is 6.31. The fourth-order valence-corrected chi connectivity index (χ4v) is 4.50. The molecule has 1 unspecified atom stereocenters. The van der Waals surface area contributed by atoms with Gasteiger partial charge in [0, 0.05) is 49.9 Å². The molecule has 1 atom stereocenters. The van der Waals surface area contributed by atoms with Gasteiger partial charge in [0.2, 0.25) is 17.0 Å². The van der Waals surface area contributed by atoms with E-state index >= 15 is 0 Å². The van der Waals surface area contributed by atoms with Crippen LogP contribution in [0.1, 0.15) is 29.5 Å². The summed E-state index contributed by atoms with van der Waals surface area (Å²) in [6, 6.07) is 7.69. The van der Waals surface area contributed by atoms with E-state index < -0.39 is 0 Å². The van der Waals surface area contributed by atoms with Crippen LogP contribution in [0.3, 0.4) is 0 Å². The van der Waals surface area contributed by atoms with E-state index in [9.17, 15) is 4.79 Å². The maximum absolute atomic E-state index is 12.9. The molecule has 2 N–H and O–H groups in total. The fourth-order valence-electron chi connectivity index (χ4n) is 3.77. The Hall–Kier alpha value is -2.78. The van der Waals surface area contributed by atoms with Gasteiger partial charge in [0.05, 0.1) is 12.1 Å². The molecule has 1 saturated heterocycles. The van der Waals surface area contributed by atoms with Crippen molar-refractivity contribution in [2.75, 3.05) is 37.8 Å². The topological polar surface area (TPSA) is 101 Å². The van der Waals surface area contributed by atoms with Crippen molar-refractivity contribution in [1.29, 1.82) is 0 Å². The molecule has 4 rings (SSSR count). The summed E-state index contributed by atoms with van der Waals surface area (Å²) in [6.07, 6.45) is 3.96. The van der Waals surface area contributed by atoms with Crippen molar-refractivity contribution >= 4 is 39.9 Å². The van der Waals surface area contributed by atoms with Crippen LogP contribution in [0.2, 0.25) is 5.02 Å². The Bertz CT molecular complexity index is 1070. The number of likely N-dealkylation sites (tertiary alicyclic amines) is 1. The molecule has 3 aromatic rings. The Morgan fingerprint density at radius 3 is 2.74 bits per heavy atom. The maximum atomic E-state index is 12.9. The number of anilines is 2. The molecule has 2 aromatic heterocycles. The highest BCUT2D eigenvalue weighted by molar-refractivity contribution is 7.15. The van der Waals surface area contributed by atoms with Crippen molar-refractivity contribution < 1.29 is 4.79 Å². The smallest absolute Gasteiger partial charge is 0.229 e. The van der Waals surface area contributed by atoms with Crippen LogP contribution in [0.15, 0.2) is 30.5 Å². The number of nitrogens with zero attached hydrogens (tertiary/aromatic N) is 6. The number of halogens is 1. The molecule has 0 spiro atoms. The molecule has 1 fully saturated rings. The van der Waals surface area contributed by atoms with E-state index in [1.165, 1.54) is 11.3 Å². The predicted octanol–water partition coefficient (Wildman–Crippen LogP) is 3.25. The van der Waals surface area contributed by atoms with Gasteiger partial charge in [-0.3, -0.25) is 4.79 Å². The molecule has 0 aliphatic carbocycles. The zero-order valence-corrected chi connectivity index (χ0v) is 19.0. The van der Waals surface area contributed by atoms with E-state index in [1.54, 1.807) is 0 Å². The van der Waals surface area contributed by atoms with Crippen LogP contribution in [0.5, 0.6) is 0 Å². The number of piperidine rings is 1. The molecule has 3 heterocycles. The number of nitrogens with two attached hydrogens (primary N) is 1. The molecular formula is C21H24ClN7OS. The molecule has 8 nitrogen and oxygen atoms in total. The first-order valence-corrected chi connectivity index (χ1v) is 11.3. The lowest BCUT2D eigenvalue weighted by Crippen LogP contribution is -2.40. The Kier molecular flexibility index (Phi) is 6.33. The van der Waals surface area contributed by atoms with Gasteiger partial charge in [-0.2, -0.15) is 0 Å². The number of carbonyl (C=O) groups is 1. The number of carbonyl (C=O) groups excluding carboxylic acids is 1. The highest BCUT2D eigenvalue weighted by Crippen LogP contribution is 2.34. The molecule has 1 aliphatic heterocycles. The third kappa shape index (κ3) is 4.94. The van der Waals surface area contributed by atoms with E-state index in [1.807, 2.05) is 54.4 Å². The summed E-state index contributed by atoms with van der Waals surface area (Å²) in [6.45, 7) is 1.34. The van der Waals surface area contributed by atoms with Crippen molar-refractivity contribution in [3.63, 3.8) is 0 Å². The van der Waals surface area contributed by atoms with Crippen LogP contribution < -0.4 is 10.6 Å². The second-order valence-corrected chi connectivity index (χ2v) is 9.29. The van der Waals surface area contributed by atoms with Gasteiger partial charge in [-0.05, 0) is 30.5 Å². The van der Waals surface area contributed by atoms with Gasteiger partial charge in [-0.15, -0.1) is 10.2 Å². The van der Waals surface area contributed by atoms with E-state index in [0.29, 0.717) is 27.7 Å². The van der Waals surface area contributed by atoms with E-state index in [2.05, 4.69) is 15.2 Å². The van der Waals surface area contributed by atoms with Gasteiger partial charge in [-0.25, -0.2) is 9.97 Å². The summed E-state index contributed by atoms with van der Waals surface area (Å²) in [5.74, 6) is 0.806. The highest BCUT2D eigenvalue weighted by Gasteiger charge is 2.29. The lowest BCUT2D eigenvalue weighted by molar-refractivity contribution is -0.131. The van der Waals surface area contributed by atoms with E-state index in [4.69, 9.17) is 22.3 Å². The summed E-state index contributed by atoms with van der Waals surface area (Å²) in [5, 5.41) is 9.48. The molecule has 0 radical (unpaired) electrons. The molecule has 1 aliphatic rings. The standard InChI is InChI=1S/C21H24ClN7OS/c1-28(2)21-24-11-16(13-5-7-15(22)8-6-13)19(25-21)14-4-3-9-29(12-14)18(30)10-17-26-27-20(23)31-17/h5-8,11,14H,3-4,9-10,12H2,1-2H3,(H2,23,27). The van der Waals surface area contributed by atoms with Crippen molar-refractivity contribution in [1.82, 2.24) is 25.1 Å². The van der Waals surface area contributed by atoms with Gasteiger partial charge in [-0.1, -0.05) is 35.1 Å². The number of benzene rings is 1. The molecule has 10 heteroatoms. The maximum Gasteiger partial charge on any atom is 0.229 e. The number of amides is 1. The number of aromatic nitrogens is 4. The fraction of sp³-hybridized carbons (Fsp3) is 0.381. The average Bonchev–Trinajstić information content (AvgIpc) is 3.18. The van der Waals surface area contributed by atoms with Crippen LogP contribution in [-0.4, -0.2) is 58.2 Å². The first-order chi connectivity index (χ1) is 14.9. The summed E-state index contributed by atoms with van der Waals surface area (Å²) in [4.78, 5) is 26.1. The van der Waals surface area contributed by atoms with Gasteiger partial charge >= 0.3 is 0 Å². The monoisotopic (exact) mass is 457 g/mol. The third-order valence-electron chi connectivity index (χ3n) is 5.31. The highest BCUT2D eigenvalue weighted by atomic mass is 35.5. The number of hydrogen-bond acceptors (Lipinski definition) is 8. The first kappa shape index (κ1) is 21.5. The predicted molar refractivity (Wildman–Crippen MR) is 123 cm³/mol. The molecule has 0 saturated carbocycles. The minimum absolute atomic E-state index is 0.0378. The van der Waals surface area contributed by atoms with Gasteiger partial charge < -0.3 is 15.5 Å². The minimum Gasteiger partial charge on any atom is -0.374 e. The molecule has 162 valence electrons. The summed E-state index contributed by atoms with van der Waals surface area (Å²) in [7, 11) is 3.84. The van der Waals surface area contributed by atoms with Crippen molar-refractivity contribution in [3.8, 4) is 11.1 Å². The second-order valence-electron chi connectivity index (χ2n) is 7.76. The number of nitrogen functional groups attached to an aromatic ring is 1. The molecular weight excluding hydrogens is 434 g/mol. The normalized spacial score (nSPS) is 16.4. The lowest BCUT2D eigenvalue weighted by atomic mass is 9.90. The number of rotatable bonds is 5. The van der Waals surface area contributed by atoms with Gasteiger partial charge in [0.25, 0.3) is 0 Å². The Morgan fingerprint density at radius 2 is 2.06 bits per heavy atom. The Labute approximate surface area is 190 Å². The summed E-state index contributed by atoms with van der Waals surface area (Å²) in [5.41, 5.74) is 8.58. The number of hydrogen-bond donors (Lipinski definition) is 1. The van der Waals surface area contributed by atoms with Crippen LogP contribution in [-0.2, 0) is 11.2 Å². The van der Waals surface area contributed by atoms with E-state index in [0.717, 1.165) is 36.2 Å². The van der Waals surface area contributed by atoms with Crippen LogP contribution >= 0.6 is 22.9 Å². The van der Waals surface area contributed by atoms with Gasteiger partial charge in [0.15, 0.2) is 0 Å². The van der Waals surface area contributed by atoms with Gasteiger partial charge in [0.1, 0.15) is 5.01 Å². The first-order valence-electron chi connectivity index (χ1n) is 10.1. The second kappa shape index (κ2) is 9.15. The largest absolute Gasteiger partial charge is 0.374 e. The van der Waals surface area contributed by atoms with Crippen LogP contribution in [0.25, 0.3) is 11.1 Å². The Morgan fingerprint density at radius 1 is 1.29 bits per heavy atom. The molecule has 1 aromatic carbocycles. The Balaban J connectivity index is 1.61. The quantitative estimate of drug-likeness (QED) is 0.627. The molecule has 31 heavy (non-hydrogen) atoms. The van der Waals surface area contributed by atoms with Crippen molar-refractivity contribution in [2.45, 2.75) is 25.2 Å². The van der Waals surface area contributed by atoms with Crippen molar-refractivity contribution in [3.05, 3.63) is 46.2 Å². The average molecular weight is 458 g/mol. The van der Waals surface area contributed by atoms with Crippen LogP contribution in [0.4, 0.5) is 11.1 Å². The molecule has 0 bridgehead atoms. The lowest BCUT2D eigenvalue weighted by Gasteiger charge is -2.33. The SMILES string of the molecule is CN(C)c1ncc(-c2ccc(Cl)cc2)c(C2CCCN(C(=O)Cc3nnc(N)s3)C2)n1. The van der Waals surface area contributed by atoms with Crippen LogP contribution in [0, 0.1) is 0 Å². The zero-order valence-electron chi connectivity index (χ0n) is 17.5. The van der Waals surface area contributed by atoms with Crippen molar-refractivity contribution in [2.24, 2.45) is 0 Å². The minimum atomic E-state index is 0.0378. The summed E-state index contributed by atoms with van der Waals surface area (Å²) < 4.78 is 0. The summed E-state index contributed by atoms with van der Waals surface area (Å²) >= 11 is 7.33. The van der Waals surface area contributed by atoms with E-state index in [-0.39, 0.29) is 18.2 Å². The zero-order chi connectivity index (χ0) is 22.0.